The molecular formula is C11H20N2O2. The Morgan fingerprint density at radius 1 is 1.47 bits per heavy atom. The summed E-state index contributed by atoms with van der Waals surface area (Å²) in [5.41, 5.74) is 1.87. The van der Waals surface area contributed by atoms with E-state index in [9.17, 15) is 5.11 Å². The number of aliphatic hydroxyl groups is 1. The van der Waals surface area contributed by atoms with Crippen LogP contribution in [-0.2, 0) is 17.7 Å². The predicted molar refractivity (Wildman–Crippen MR) is 58.7 cm³/mol. The van der Waals surface area contributed by atoms with Gasteiger partial charge >= 0.3 is 0 Å². The Kier molecular flexibility index (Phi) is 4.78. The van der Waals surface area contributed by atoms with Gasteiger partial charge < -0.3 is 9.84 Å². The van der Waals surface area contributed by atoms with Gasteiger partial charge in [0.2, 0.25) is 0 Å². The van der Waals surface area contributed by atoms with E-state index in [1.807, 2.05) is 24.6 Å². The van der Waals surface area contributed by atoms with Crippen LogP contribution < -0.4 is 0 Å². The van der Waals surface area contributed by atoms with Gasteiger partial charge in [-0.3, -0.25) is 4.68 Å². The van der Waals surface area contributed by atoms with Crippen LogP contribution in [0.2, 0.25) is 0 Å². The van der Waals surface area contributed by atoms with Crippen molar-refractivity contribution in [2.24, 2.45) is 0 Å². The Hall–Kier alpha value is -0.870. The van der Waals surface area contributed by atoms with Crippen molar-refractivity contribution in [3.05, 3.63) is 17.5 Å². The van der Waals surface area contributed by atoms with E-state index in [0.717, 1.165) is 24.4 Å². The van der Waals surface area contributed by atoms with E-state index in [-0.39, 0.29) is 0 Å². The fourth-order valence-corrected chi connectivity index (χ4v) is 1.50. The molecule has 0 spiro atoms. The summed E-state index contributed by atoms with van der Waals surface area (Å²) in [4.78, 5) is 0. The average Bonchev–Trinajstić information content (AvgIpc) is 2.69. The third-order valence-electron chi connectivity index (χ3n) is 2.34. The quantitative estimate of drug-likeness (QED) is 0.778. The zero-order chi connectivity index (χ0) is 11.3. The molecule has 0 aromatic carbocycles. The van der Waals surface area contributed by atoms with Gasteiger partial charge in [0.1, 0.15) is 6.10 Å². The minimum absolute atomic E-state index is 0.339. The SMILES string of the molecule is CCOCC(O)c1cc(CC)nn1CC. The van der Waals surface area contributed by atoms with Crippen molar-refractivity contribution in [2.45, 2.75) is 39.8 Å². The van der Waals surface area contributed by atoms with E-state index in [1.54, 1.807) is 0 Å². The van der Waals surface area contributed by atoms with Crippen LogP contribution in [0.3, 0.4) is 0 Å². The molecular weight excluding hydrogens is 192 g/mol. The lowest BCUT2D eigenvalue weighted by molar-refractivity contribution is 0.0373. The second-order valence-electron chi connectivity index (χ2n) is 3.41. The highest BCUT2D eigenvalue weighted by Crippen LogP contribution is 2.15. The van der Waals surface area contributed by atoms with Crippen LogP contribution in [0.5, 0.6) is 0 Å². The van der Waals surface area contributed by atoms with Gasteiger partial charge in [-0.1, -0.05) is 6.92 Å². The normalized spacial score (nSPS) is 13.1. The van der Waals surface area contributed by atoms with Crippen molar-refractivity contribution in [3.63, 3.8) is 0 Å². The van der Waals surface area contributed by atoms with E-state index >= 15 is 0 Å². The van der Waals surface area contributed by atoms with Crippen LogP contribution in [0.1, 0.15) is 38.3 Å². The van der Waals surface area contributed by atoms with Crippen molar-refractivity contribution >= 4 is 0 Å². The van der Waals surface area contributed by atoms with E-state index in [1.165, 1.54) is 0 Å². The predicted octanol–water partition coefficient (Wildman–Crippen LogP) is 1.54. The van der Waals surface area contributed by atoms with Crippen LogP contribution in [0.15, 0.2) is 6.07 Å². The molecule has 1 aromatic rings. The molecule has 0 aliphatic rings. The minimum Gasteiger partial charge on any atom is -0.384 e. The molecule has 0 radical (unpaired) electrons. The van der Waals surface area contributed by atoms with Crippen LogP contribution in [0, 0.1) is 0 Å². The molecule has 1 aromatic heterocycles. The number of aryl methyl sites for hydroxylation is 2. The van der Waals surface area contributed by atoms with Gasteiger partial charge in [0, 0.05) is 13.2 Å². The van der Waals surface area contributed by atoms with E-state index in [2.05, 4.69) is 12.0 Å². The zero-order valence-corrected chi connectivity index (χ0v) is 9.73. The Morgan fingerprint density at radius 3 is 2.73 bits per heavy atom. The second-order valence-corrected chi connectivity index (χ2v) is 3.41. The van der Waals surface area contributed by atoms with Crippen molar-refractivity contribution < 1.29 is 9.84 Å². The Bertz CT molecular complexity index is 297. The number of ether oxygens (including phenoxy) is 1. The van der Waals surface area contributed by atoms with E-state index in [4.69, 9.17) is 4.74 Å². The topological polar surface area (TPSA) is 47.3 Å². The molecule has 0 saturated carbocycles. The molecule has 15 heavy (non-hydrogen) atoms. The van der Waals surface area contributed by atoms with Crippen LogP contribution in [0.25, 0.3) is 0 Å². The van der Waals surface area contributed by atoms with Gasteiger partial charge in [0.25, 0.3) is 0 Å². The molecule has 0 saturated heterocycles. The average molecular weight is 212 g/mol. The summed E-state index contributed by atoms with van der Waals surface area (Å²) in [7, 11) is 0. The molecule has 0 bridgehead atoms. The lowest BCUT2D eigenvalue weighted by atomic mass is 10.2. The summed E-state index contributed by atoms with van der Waals surface area (Å²) >= 11 is 0. The van der Waals surface area contributed by atoms with Gasteiger partial charge in [-0.05, 0) is 26.3 Å². The molecule has 0 fully saturated rings. The lowest BCUT2D eigenvalue weighted by Crippen LogP contribution is -2.13. The van der Waals surface area contributed by atoms with Crippen LogP contribution >= 0.6 is 0 Å². The van der Waals surface area contributed by atoms with Crippen molar-refractivity contribution in [3.8, 4) is 0 Å². The fraction of sp³-hybridized carbons (Fsp3) is 0.727. The maximum Gasteiger partial charge on any atom is 0.119 e. The highest BCUT2D eigenvalue weighted by molar-refractivity contribution is 5.13. The number of hydrogen-bond acceptors (Lipinski definition) is 3. The van der Waals surface area contributed by atoms with Gasteiger partial charge in [-0.25, -0.2) is 0 Å². The Morgan fingerprint density at radius 2 is 2.20 bits per heavy atom. The molecule has 0 amide bonds. The molecule has 1 rings (SSSR count). The third-order valence-corrected chi connectivity index (χ3v) is 2.34. The third kappa shape index (κ3) is 3.04. The fourth-order valence-electron chi connectivity index (χ4n) is 1.50. The molecule has 0 aliphatic carbocycles. The molecule has 0 aliphatic heterocycles. The van der Waals surface area contributed by atoms with Crippen molar-refractivity contribution in [1.82, 2.24) is 9.78 Å². The van der Waals surface area contributed by atoms with Crippen LogP contribution in [-0.4, -0.2) is 28.1 Å². The summed E-state index contributed by atoms with van der Waals surface area (Å²) in [5.74, 6) is 0. The number of aromatic nitrogens is 2. The summed E-state index contributed by atoms with van der Waals surface area (Å²) in [6.45, 7) is 7.73. The maximum atomic E-state index is 9.89. The highest BCUT2D eigenvalue weighted by Gasteiger charge is 2.14. The van der Waals surface area contributed by atoms with Crippen LogP contribution in [0.4, 0.5) is 0 Å². The molecule has 1 heterocycles. The molecule has 86 valence electrons. The monoisotopic (exact) mass is 212 g/mol. The number of nitrogens with zero attached hydrogens (tertiary/aromatic N) is 2. The smallest absolute Gasteiger partial charge is 0.119 e. The van der Waals surface area contributed by atoms with Gasteiger partial charge in [0.05, 0.1) is 18.0 Å². The first-order valence-corrected chi connectivity index (χ1v) is 5.55. The number of rotatable bonds is 6. The molecule has 1 atom stereocenters. The summed E-state index contributed by atoms with van der Waals surface area (Å²) in [6, 6.07) is 1.95. The molecule has 4 heteroatoms. The first-order chi connectivity index (χ1) is 7.22. The van der Waals surface area contributed by atoms with E-state index < -0.39 is 6.10 Å². The largest absolute Gasteiger partial charge is 0.384 e. The highest BCUT2D eigenvalue weighted by atomic mass is 16.5. The summed E-state index contributed by atoms with van der Waals surface area (Å²) in [5, 5.41) is 14.3. The van der Waals surface area contributed by atoms with Gasteiger partial charge in [-0.15, -0.1) is 0 Å². The zero-order valence-electron chi connectivity index (χ0n) is 9.73. The molecule has 1 N–H and O–H groups in total. The number of hydrogen-bond donors (Lipinski definition) is 1. The summed E-state index contributed by atoms with van der Waals surface area (Å²) in [6.07, 6.45) is 0.319. The first-order valence-electron chi connectivity index (χ1n) is 5.55. The number of aliphatic hydroxyl groups excluding tert-OH is 1. The Labute approximate surface area is 90.9 Å². The van der Waals surface area contributed by atoms with Crippen molar-refractivity contribution in [1.29, 1.82) is 0 Å². The van der Waals surface area contributed by atoms with Gasteiger partial charge in [0.15, 0.2) is 0 Å². The van der Waals surface area contributed by atoms with E-state index in [0.29, 0.717) is 13.2 Å². The van der Waals surface area contributed by atoms with Gasteiger partial charge in [-0.2, -0.15) is 5.10 Å². The lowest BCUT2D eigenvalue weighted by Gasteiger charge is -2.11. The molecule has 4 nitrogen and oxygen atoms in total. The summed E-state index contributed by atoms with van der Waals surface area (Å²) < 4.78 is 7.04. The minimum atomic E-state index is -0.572. The first kappa shape index (κ1) is 12.2. The van der Waals surface area contributed by atoms with Crippen molar-refractivity contribution in [2.75, 3.05) is 13.2 Å². The standard InChI is InChI=1S/C11H20N2O2/c1-4-9-7-10(13(5-2)12-9)11(14)8-15-6-3/h7,11,14H,4-6,8H2,1-3H3. The molecule has 1 unspecified atom stereocenters. The Balaban J connectivity index is 2.76. The maximum absolute atomic E-state index is 9.89. The second kappa shape index (κ2) is 5.88.